The normalized spacial score (nSPS) is 28.8. The molecule has 3 heteroatoms. The van der Waals surface area contributed by atoms with Gasteiger partial charge in [0.2, 0.25) is 0 Å². The van der Waals surface area contributed by atoms with E-state index in [9.17, 15) is 0 Å². The Morgan fingerprint density at radius 2 is 2.06 bits per heavy atom. The summed E-state index contributed by atoms with van der Waals surface area (Å²) in [5, 5.41) is 0. The second kappa shape index (κ2) is 4.90. The van der Waals surface area contributed by atoms with E-state index < -0.39 is 5.79 Å². The van der Waals surface area contributed by atoms with Crippen LogP contribution in [0.2, 0.25) is 0 Å². The van der Waals surface area contributed by atoms with Crippen LogP contribution in [0.15, 0.2) is 30.3 Å². The molecule has 1 fully saturated rings. The molecule has 0 aromatic heterocycles. The Labute approximate surface area is 102 Å². The average molecular weight is 234 g/mol. The fraction of sp³-hybridized carbons (Fsp3) is 0.429. The third-order valence-electron chi connectivity index (χ3n) is 2.73. The predicted molar refractivity (Wildman–Crippen MR) is 66.9 cm³/mol. The van der Waals surface area contributed by atoms with Crippen molar-refractivity contribution in [1.29, 1.82) is 0 Å². The SMILES string of the molecule is COc1ccc(/C=C\[C@]2(C)OC[C@@H](C)O2)cc1. The third kappa shape index (κ3) is 3.08. The molecule has 0 saturated carbocycles. The summed E-state index contributed by atoms with van der Waals surface area (Å²) in [5.41, 5.74) is 1.10. The second-order valence-electron chi connectivity index (χ2n) is 4.36. The molecule has 0 aliphatic carbocycles. The van der Waals surface area contributed by atoms with Crippen LogP contribution in [0.1, 0.15) is 19.4 Å². The first-order chi connectivity index (χ1) is 8.11. The van der Waals surface area contributed by atoms with Gasteiger partial charge in [-0.05, 0) is 37.6 Å². The van der Waals surface area contributed by atoms with Gasteiger partial charge in [-0.25, -0.2) is 0 Å². The number of ether oxygens (including phenoxy) is 3. The molecule has 2 atom stereocenters. The average Bonchev–Trinajstić information content (AvgIpc) is 2.68. The Morgan fingerprint density at radius 3 is 2.59 bits per heavy atom. The van der Waals surface area contributed by atoms with Crippen molar-refractivity contribution >= 4 is 6.08 Å². The Hall–Kier alpha value is -1.32. The van der Waals surface area contributed by atoms with Gasteiger partial charge in [-0.1, -0.05) is 18.2 Å². The van der Waals surface area contributed by atoms with Gasteiger partial charge in [-0.2, -0.15) is 0 Å². The van der Waals surface area contributed by atoms with Gasteiger partial charge in [-0.15, -0.1) is 0 Å². The molecule has 92 valence electrons. The van der Waals surface area contributed by atoms with Crippen molar-refractivity contribution in [2.45, 2.75) is 25.7 Å². The molecule has 3 nitrogen and oxygen atoms in total. The van der Waals surface area contributed by atoms with Crippen molar-refractivity contribution in [1.82, 2.24) is 0 Å². The number of benzene rings is 1. The second-order valence-corrected chi connectivity index (χ2v) is 4.36. The minimum Gasteiger partial charge on any atom is -0.497 e. The van der Waals surface area contributed by atoms with Gasteiger partial charge in [0.25, 0.3) is 0 Å². The van der Waals surface area contributed by atoms with E-state index in [0.717, 1.165) is 11.3 Å². The Balaban J connectivity index is 2.04. The molecule has 2 rings (SSSR count). The van der Waals surface area contributed by atoms with Crippen LogP contribution in [0.3, 0.4) is 0 Å². The van der Waals surface area contributed by atoms with Crippen LogP contribution in [0, 0.1) is 0 Å². The quantitative estimate of drug-likeness (QED) is 0.805. The maximum Gasteiger partial charge on any atom is 0.185 e. The number of methoxy groups -OCH3 is 1. The molecule has 17 heavy (non-hydrogen) atoms. The highest BCUT2D eigenvalue weighted by atomic mass is 16.7. The Kier molecular flexibility index (Phi) is 3.50. The van der Waals surface area contributed by atoms with E-state index in [2.05, 4.69) is 0 Å². The molecule has 0 spiro atoms. The number of hydrogen-bond acceptors (Lipinski definition) is 3. The van der Waals surface area contributed by atoms with E-state index in [0.29, 0.717) is 6.61 Å². The van der Waals surface area contributed by atoms with E-state index in [1.54, 1.807) is 7.11 Å². The predicted octanol–water partition coefficient (Wildman–Crippen LogP) is 2.86. The van der Waals surface area contributed by atoms with Crippen LogP contribution in [-0.4, -0.2) is 25.6 Å². The van der Waals surface area contributed by atoms with Crippen molar-refractivity contribution < 1.29 is 14.2 Å². The zero-order valence-electron chi connectivity index (χ0n) is 10.5. The smallest absolute Gasteiger partial charge is 0.185 e. The maximum atomic E-state index is 5.68. The van der Waals surface area contributed by atoms with Gasteiger partial charge in [-0.3, -0.25) is 0 Å². The van der Waals surface area contributed by atoms with E-state index in [4.69, 9.17) is 14.2 Å². The van der Waals surface area contributed by atoms with Gasteiger partial charge in [0.15, 0.2) is 5.79 Å². The van der Waals surface area contributed by atoms with Crippen LogP contribution in [0.5, 0.6) is 5.75 Å². The summed E-state index contributed by atoms with van der Waals surface area (Å²) < 4.78 is 16.4. The largest absolute Gasteiger partial charge is 0.497 e. The molecule has 0 radical (unpaired) electrons. The monoisotopic (exact) mass is 234 g/mol. The van der Waals surface area contributed by atoms with E-state index in [1.165, 1.54) is 0 Å². The summed E-state index contributed by atoms with van der Waals surface area (Å²) >= 11 is 0. The highest BCUT2D eigenvalue weighted by Crippen LogP contribution is 2.25. The lowest BCUT2D eigenvalue weighted by atomic mass is 10.1. The van der Waals surface area contributed by atoms with Crippen LogP contribution in [-0.2, 0) is 9.47 Å². The molecular weight excluding hydrogens is 216 g/mol. The zero-order valence-corrected chi connectivity index (χ0v) is 10.5. The number of rotatable bonds is 3. The summed E-state index contributed by atoms with van der Waals surface area (Å²) in [4.78, 5) is 0. The summed E-state index contributed by atoms with van der Waals surface area (Å²) in [6, 6.07) is 7.86. The van der Waals surface area contributed by atoms with E-state index in [1.807, 2.05) is 50.3 Å². The highest BCUT2D eigenvalue weighted by Gasteiger charge is 2.32. The van der Waals surface area contributed by atoms with Crippen LogP contribution < -0.4 is 4.74 Å². The summed E-state index contributed by atoms with van der Waals surface area (Å²) in [7, 11) is 1.66. The Morgan fingerprint density at radius 1 is 1.35 bits per heavy atom. The standard InChI is InChI=1S/C14H18O3/c1-11-10-16-14(2,17-11)9-8-12-4-6-13(15-3)7-5-12/h4-9,11H,10H2,1-3H3/b9-8-/t11-,14-/m1/s1. The molecule has 0 bridgehead atoms. The molecule has 0 unspecified atom stereocenters. The third-order valence-corrected chi connectivity index (χ3v) is 2.73. The molecule has 1 aliphatic rings. The van der Waals surface area contributed by atoms with Gasteiger partial charge in [0.1, 0.15) is 5.75 Å². The summed E-state index contributed by atoms with van der Waals surface area (Å²) in [5.74, 6) is 0.259. The van der Waals surface area contributed by atoms with E-state index >= 15 is 0 Å². The lowest BCUT2D eigenvalue weighted by Crippen LogP contribution is -2.22. The van der Waals surface area contributed by atoms with Crippen molar-refractivity contribution in [2.75, 3.05) is 13.7 Å². The topological polar surface area (TPSA) is 27.7 Å². The first-order valence-electron chi connectivity index (χ1n) is 5.76. The fourth-order valence-electron chi connectivity index (χ4n) is 1.80. The molecule has 1 saturated heterocycles. The fourth-order valence-corrected chi connectivity index (χ4v) is 1.80. The van der Waals surface area contributed by atoms with Crippen LogP contribution in [0.25, 0.3) is 6.08 Å². The molecule has 1 aromatic rings. The molecule has 0 amide bonds. The molecule has 1 aliphatic heterocycles. The van der Waals surface area contributed by atoms with Gasteiger partial charge < -0.3 is 14.2 Å². The van der Waals surface area contributed by atoms with Crippen LogP contribution >= 0.6 is 0 Å². The molecule has 1 heterocycles. The molecule has 1 aromatic carbocycles. The van der Waals surface area contributed by atoms with Crippen molar-refractivity contribution in [2.24, 2.45) is 0 Å². The van der Waals surface area contributed by atoms with Gasteiger partial charge in [0.05, 0.1) is 19.8 Å². The van der Waals surface area contributed by atoms with Gasteiger partial charge in [0, 0.05) is 0 Å². The summed E-state index contributed by atoms with van der Waals surface area (Å²) in [6.45, 7) is 4.58. The lowest BCUT2D eigenvalue weighted by Gasteiger charge is -2.18. The minimum atomic E-state index is -0.598. The minimum absolute atomic E-state index is 0.153. The zero-order chi connectivity index (χ0) is 12.3. The maximum absolute atomic E-state index is 5.68. The van der Waals surface area contributed by atoms with Crippen molar-refractivity contribution in [3.8, 4) is 5.75 Å². The first-order valence-corrected chi connectivity index (χ1v) is 5.76. The van der Waals surface area contributed by atoms with Gasteiger partial charge >= 0.3 is 0 Å². The van der Waals surface area contributed by atoms with Crippen molar-refractivity contribution in [3.63, 3.8) is 0 Å². The Bertz CT molecular complexity index is 396. The van der Waals surface area contributed by atoms with Crippen LogP contribution in [0.4, 0.5) is 0 Å². The van der Waals surface area contributed by atoms with Crippen molar-refractivity contribution in [3.05, 3.63) is 35.9 Å². The summed E-state index contributed by atoms with van der Waals surface area (Å²) in [6.07, 6.45) is 4.09. The van der Waals surface area contributed by atoms with E-state index in [-0.39, 0.29) is 6.10 Å². The lowest BCUT2D eigenvalue weighted by molar-refractivity contribution is -0.110. The molecular formula is C14H18O3. The highest BCUT2D eigenvalue weighted by molar-refractivity contribution is 5.51. The number of hydrogen-bond donors (Lipinski definition) is 0. The first kappa shape index (κ1) is 12.1. The molecule has 0 N–H and O–H groups in total.